The summed E-state index contributed by atoms with van der Waals surface area (Å²) in [4.78, 5) is 48.7. The van der Waals surface area contributed by atoms with Gasteiger partial charge in [0.25, 0.3) is 5.91 Å². The van der Waals surface area contributed by atoms with Crippen LogP contribution in [-0.4, -0.2) is 57.9 Å². The number of piperidine rings is 1. The number of anilines is 2. The van der Waals surface area contributed by atoms with E-state index in [0.717, 1.165) is 40.2 Å². The minimum absolute atomic E-state index is 0.129. The van der Waals surface area contributed by atoms with E-state index in [-0.39, 0.29) is 5.69 Å². The number of H-pyrrole nitrogens is 1. The van der Waals surface area contributed by atoms with Crippen molar-refractivity contribution in [1.82, 2.24) is 20.2 Å². The van der Waals surface area contributed by atoms with Crippen LogP contribution in [0.3, 0.4) is 0 Å². The van der Waals surface area contributed by atoms with Crippen LogP contribution in [-0.2, 0) is 15.8 Å². The average molecular weight is 486 g/mol. The van der Waals surface area contributed by atoms with E-state index in [9.17, 15) is 27.6 Å². The molecular formula is C23H21F3N6O3. The molecule has 35 heavy (non-hydrogen) atoms. The zero-order valence-corrected chi connectivity index (χ0v) is 18.4. The molecule has 1 aromatic heterocycles. The van der Waals surface area contributed by atoms with E-state index in [2.05, 4.69) is 20.6 Å². The van der Waals surface area contributed by atoms with Crippen molar-refractivity contribution in [3.05, 3.63) is 54.1 Å². The molecule has 2 fully saturated rings. The molecule has 5 rings (SSSR count). The predicted molar refractivity (Wildman–Crippen MR) is 121 cm³/mol. The monoisotopic (exact) mass is 486 g/mol. The minimum atomic E-state index is -4.49. The molecule has 0 radical (unpaired) electrons. The number of hydrogen-bond acceptors (Lipinski definition) is 5. The first-order chi connectivity index (χ1) is 16.6. The lowest BCUT2D eigenvalue weighted by molar-refractivity contribution is -0.137. The smallest absolute Gasteiger partial charge is 0.342 e. The number of imidazole rings is 1. The maximum absolute atomic E-state index is 13.1. The van der Waals surface area contributed by atoms with Gasteiger partial charge in [0.15, 0.2) is 0 Å². The third-order valence-electron chi connectivity index (χ3n) is 6.34. The number of aromatic nitrogens is 2. The molecule has 2 aromatic carbocycles. The zero-order chi connectivity index (χ0) is 24.8. The van der Waals surface area contributed by atoms with Crippen LogP contribution in [0.1, 0.15) is 18.4 Å². The summed E-state index contributed by atoms with van der Waals surface area (Å²) in [6, 6.07) is 10.9. The number of nitrogens with one attached hydrogen (secondary N) is 3. The molecule has 9 nitrogen and oxygen atoms in total. The highest BCUT2D eigenvalue weighted by molar-refractivity contribution is 6.10. The van der Waals surface area contributed by atoms with Crippen molar-refractivity contribution in [2.24, 2.45) is 0 Å². The second-order valence-corrected chi connectivity index (χ2v) is 8.59. The molecule has 2 aliphatic rings. The first-order valence-electron chi connectivity index (χ1n) is 11.0. The number of hydrogen-bond donors (Lipinski definition) is 3. The molecular weight excluding hydrogens is 465 g/mol. The average Bonchev–Trinajstić information content (AvgIpc) is 3.35. The molecule has 0 aliphatic carbocycles. The van der Waals surface area contributed by atoms with Gasteiger partial charge in [0.05, 0.1) is 16.6 Å². The summed E-state index contributed by atoms with van der Waals surface area (Å²) in [6.45, 7) is 0.398. The standard InChI is InChI=1S/C23H21F3N6O3/c24-23(25,26)14-5-7-15(8-6-14)27-18(33)13-32-19(34)22(30-21(32)35)9-11-31(12-10-22)20-28-16-3-1-2-4-17(16)29-20/h1-8H,9-13H2,(H,27,33)(H,28,29)(H,30,35). The molecule has 1 spiro atoms. The maximum Gasteiger partial charge on any atom is 0.416 e. The molecule has 2 aliphatic heterocycles. The molecule has 182 valence electrons. The van der Waals surface area contributed by atoms with Gasteiger partial charge in [-0.05, 0) is 49.2 Å². The lowest BCUT2D eigenvalue weighted by atomic mass is 9.87. The molecule has 3 heterocycles. The predicted octanol–water partition coefficient (Wildman–Crippen LogP) is 3.11. The SMILES string of the molecule is O=C(CN1C(=O)NC2(CCN(c3nc4ccccc4[nH]3)CC2)C1=O)Nc1ccc(C(F)(F)F)cc1. The van der Waals surface area contributed by atoms with Gasteiger partial charge >= 0.3 is 12.2 Å². The van der Waals surface area contributed by atoms with E-state index in [1.54, 1.807) is 0 Å². The quantitative estimate of drug-likeness (QED) is 0.491. The molecule has 0 saturated carbocycles. The lowest BCUT2D eigenvalue weighted by Gasteiger charge is -2.37. The van der Waals surface area contributed by atoms with Gasteiger partial charge in [-0.3, -0.25) is 14.5 Å². The Morgan fingerprint density at radius 1 is 1.06 bits per heavy atom. The summed E-state index contributed by atoms with van der Waals surface area (Å²) in [5.74, 6) is -0.495. The van der Waals surface area contributed by atoms with Crippen LogP contribution >= 0.6 is 0 Å². The molecule has 3 aromatic rings. The van der Waals surface area contributed by atoms with Gasteiger partial charge in [0, 0.05) is 18.8 Å². The summed E-state index contributed by atoms with van der Waals surface area (Å²) >= 11 is 0. The molecule has 12 heteroatoms. The van der Waals surface area contributed by atoms with Crippen molar-refractivity contribution in [2.45, 2.75) is 24.6 Å². The maximum atomic E-state index is 13.1. The summed E-state index contributed by atoms with van der Waals surface area (Å²) < 4.78 is 38.1. The number of carbonyl (C=O) groups excluding carboxylic acids is 3. The Labute approximate surface area is 197 Å². The number of para-hydroxylation sites is 2. The van der Waals surface area contributed by atoms with Gasteiger partial charge in [-0.15, -0.1) is 0 Å². The topological polar surface area (TPSA) is 110 Å². The van der Waals surface area contributed by atoms with E-state index < -0.39 is 41.7 Å². The van der Waals surface area contributed by atoms with Crippen molar-refractivity contribution in [3.8, 4) is 0 Å². The number of rotatable bonds is 4. The van der Waals surface area contributed by atoms with Gasteiger partial charge in [0.1, 0.15) is 12.1 Å². The second kappa shape index (κ2) is 8.29. The van der Waals surface area contributed by atoms with Gasteiger partial charge in [-0.2, -0.15) is 13.2 Å². The Morgan fingerprint density at radius 2 is 1.74 bits per heavy atom. The van der Waals surface area contributed by atoms with E-state index in [4.69, 9.17) is 0 Å². The van der Waals surface area contributed by atoms with Crippen molar-refractivity contribution in [3.63, 3.8) is 0 Å². The number of halogens is 3. The number of nitrogens with zero attached hydrogens (tertiary/aromatic N) is 3. The van der Waals surface area contributed by atoms with E-state index in [1.165, 1.54) is 0 Å². The number of amides is 4. The van der Waals surface area contributed by atoms with Crippen LogP contribution in [0.15, 0.2) is 48.5 Å². The fraction of sp³-hybridized carbons (Fsp3) is 0.304. The Kier molecular flexibility index (Phi) is 5.37. The Hall–Kier alpha value is -4.09. The van der Waals surface area contributed by atoms with Crippen molar-refractivity contribution in [2.75, 3.05) is 29.9 Å². The number of aromatic amines is 1. The molecule has 0 unspecified atom stereocenters. The number of alkyl halides is 3. The summed E-state index contributed by atoms with van der Waals surface area (Å²) in [7, 11) is 0. The van der Waals surface area contributed by atoms with Crippen molar-refractivity contribution >= 4 is 40.5 Å². The normalized spacial score (nSPS) is 17.8. The number of carbonyl (C=O) groups is 3. The fourth-order valence-corrected chi connectivity index (χ4v) is 4.43. The molecule has 3 N–H and O–H groups in total. The zero-order valence-electron chi connectivity index (χ0n) is 18.4. The first kappa shape index (κ1) is 22.7. The van der Waals surface area contributed by atoms with E-state index >= 15 is 0 Å². The summed E-state index contributed by atoms with van der Waals surface area (Å²) in [6.07, 6.45) is -3.81. The number of benzene rings is 2. The number of urea groups is 1. The van der Waals surface area contributed by atoms with Gasteiger partial charge in [0.2, 0.25) is 11.9 Å². The van der Waals surface area contributed by atoms with Crippen molar-refractivity contribution in [1.29, 1.82) is 0 Å². The minimum Gasteiger partial charge on any atom is -0.342 e. The largest absolute Gasteiger partial charge is 0.416 e. The highest BCUT2D eigenvalue weighted by Crippen LogP contribution is 2.32. The molecule has 4 amide bonds. The number of imide groups is 1. The van der Waals surface area contributed by atoms with Gasteiger partial charge < -0.3 is 20.5 Å². The van der Waals surface area contributed by atoms with Crippen molar-refractivity contribution < 1.29 is 27.6 Å². The number of fused-ring (bicyclic) bond motifs is 1. The molecule has 2 saturated heterocycles. The van der Waals surface area contributed by atoms with Crippen LogP contribution in [0, 0.1) is 0 Å². The lowest BCUT2D eigenvalue weighted by Crippen LogP contribution is -2.55. The van der Waals surface area contributed by atoms with Gasteiger partial charge in [-0.25, -0.2) is 9.78 Å². The fourth-order valence-electron chi connectivity index (χ4n) is 4.43. The van der Waals surface area contributed by atoms with E-state index in [0.29, 0.717) is 31.9 Å². The Bertz CT molecular complexity index is 1260. The highest BCUT2D eigenvalue weighted by Gasteiger charge is 2.53. The summed E-state index contributed by atoms with van der Waals surface area (Å²) in [5, 5.41) is 5.16. The van der Waals surface area contributed by atoms with Crippen LogP contribution < -0.4 is 15.5 Å². The second-order valence-electron chi connectivity index (χ2n) is 8.59. The Morgan fingerprint density at radius 3 is 2.40 bits per heavy atom. The third kappa shape index (κ3) is 4.27. The highest BCUT2D eigenvalue weighted by atomic mass is 19.4. The molecule has 0 atom stereocenters. The van der Waals surface area contributed by atoms with E-state index in [1.807, 2.05) is 29.2 Å². The molecule has 0 bridgehead atoms. The van der Waals surface area contributed by atoms with Crippen LogP contribution in [0.2, 0.25) is 0 Å². The van der Waals surface area contributed by atoms with Crippen LogP contribution in [0.4, 0.5) is 29.6 Å². The van der Waals surface area contributed by atoms with Crippen LogP contribution in [0.5, 0.6) is 0 Å². The Balaban J connectivity index is 1.21. The summed E-state index contributed by atoms with van der Waals surface area (Å²) in [5.41, 5.74) is -0.0882. The van der Waals surface area contributed by atoms with Gasteiger partial charge in [-0.1, -0.05) is 12.1 Å². The third-order valence-corrected chi connectivity index (χ3v) is 6.34. The first-order valence-corrected chi connectivity index (χ1v) is 11.0. The van der Waals surface area contributed by atoms with Crippen LogP contribution in [0.25, 0.3) is 11.0 Å².